The van der Waals surface area contributed by atoms with E-state index in [2.05, 4.69) is 15.1 Å². The number of allylic oxidation sites excluding steroid dienone is 4. The molecule has 0 saturated heterocycles. The van der Waals surface area contributed by atoms with Crippen molar-refractivity contribution in [3.8, 4) is 11.1 Å². The van der Waals surface area contributed by atoms with E-state index in [0.717, 1.165) is 23.1 Å². The van der Waals surface area contributed by atoms with Crippen molar-refractivity contribution < 1.29 is 5.11 Å². The van der Waals surface area contributed by atoms with E-state index in [1.54, 1.807) is 10.9 Å². The van der Waals surface area contributed by atoms with Crippen molar-refractivity contribution in [2.45, 2.75) is 26.7 Å². The van der Waals surface area contributed by atoms with Crippen LogP contribution >= 0.6 is 0 Å². The van der Waals surface area contributed by atoms with Crippen LogP contribution < -0.4 is 5.73 Å². The van der Waals surface area contributed by atoms with Crippen LogP contribution in [-0.4, -0.2) is 29.3 Å². The maximum absolute atomic E-state index is 10.1. The van der Waals surface area contributed by atoms with Crippen molar-refractivity contribution in [3.05, 3.63) is 48.4 Å². The van der Waals surface area contributed by atoms with Crippen LogP contribution in [0.2, 0.25) is 0 Å². The molecule has 0 unspecified atom stereocenters. The molecule has 1 aliphatic carbocycles. The van der Waals surface area contributed by atoms with Crippen LogP contribution in [0, 0.1) is 0 Å². The first kappa shape index (κ1) is 16.8. The topological polar surface area (TPSA) is 94.3 Å². The number of hydrogen-bond acceptors (Lipinski definition) is 5. The number of anilines is 1. The molecule has 0 saturated carbocycles. The van der Waals surface area contributed by atoms with E-state index in [9.17, 15) is 5.11 Å². The molecule has 7 heteroatoms. The Morgan fingerprint density at radius 3 is 2.64 bits per heavy atom. The van der Waals surface area contributed by atoms with Crippen LogP contribution in [0.4, 0.5) is 5.82 Å². The normalized spacial score (nSPS) is 13.9. The number of nitrogens with zero attached hydrogens (tertiary/aromatic N) is 5. The van der Waals surface area contributed by atoms with E-state index in [1.165, 1.54) is 0 Å². The SMILES string of the molecule is CC.Cn1cc(-c2cn3cc(C4=C(O)CCC=C4)nc3nc2N)cn1. The predicted octanol–water partition coefficient (Wildman–Crippen LogP) is 3.36. The lowest BCUT2D eigenvalue weighted by atomic mass is 10.0. The largest absolute Gasteiger partial charge is 0.512 e. The Morgan fingerprint density at radius 1 is 1.16 bits per heavy atom. The van der Waals surface area contributed by atoms with Crippen LogP contribution in [0.3, 0.4) is 0 Å². The summed E-state index contributed by atoms with van der Waals surface area (Å²) in [5.74, 6) is 1.26. The number of nitrogen functional groups attached to an aromatic ring is 1. The second-order valence-corrected chi connectivity index (χ2v) is 5.58. The van der Waals surface area contributed by atoms with E-state index in [-0.39, 0.29) is 0 Å². The Hall–Kier alpha value is -3.09. The lowest BCUT2D eigenvalue weighted by Crippen LogP contribution is -1.98. The maximum Gasteiger partial charge on any atom is 0.236 e. The van der Waals surface area contributed by atoms with Gasteiger partial charge < -0.3 is 10.8 Å². The van der Waals surface area contributed by atoms with Crippen molar-refractivity contribution in [1.82, 2.24) is 24.1 Å². The Morgan fingerprint density at radius 2 is 1.96 bits per heavy atom. The van der Waals surface area contributed by atoms with Gasteiger partial charge in [-0.1, -0.05) is 26.0 Å². The highest BCUT2D eigenvalue weighted by Crippen LogP contribution is 2.28. The number of rotatable bonds is 2. The first-order valence-electron chi connectivity index (χ1n) is 8.35. The van der Waals surface area contributed by atoms with Crippen LogP contribution in [0.5, 0.6) is 0 Å². The monoisotopic (exact) mass is 338 g/mol. The van der Waals surface area contributed by atoms with Crippen LogP contribution in [0.15, 0.2) is 42.7 Å². The number of aliphatic hydroxyl groups excluding tert-OH is 1. The van der Waals surface area contributed by atoms with Crippen molar-refractivity contribution in [3.63, 3.8) is 0 Å². The lowest BCUT2D eigenvalue weighted by Gasteiger charge is -2.07. The molecule has 0 radical (unpaired) electrons. The molecule has 0 spiro atoms. The molecule has 3 aromatic heterocycles. The summed E-state index contributed by atoms with van der Waals surface area (Å²) in [6, 6.07) is 0. The lowest BCUT2D eigenvalue weighted by molar-refractivity contribution is 0.391. The smallest absolute Gasteiger partial charge is 0.236 e. The van der Waals surface area contributed by atoms with E-state index in [1.807, 2.05) is 56.0 Å². The second-order valence-electron chi connectivity index (χ2n) is 5.58. The third kappa shape index (κ3) is 3.13. The summed E-state index contributed by atoms with van der Waals surface area (Å²) in [5.41, 5.74) is 9.19. The molecular formula is C18H22N6O. The summed E-state index contributed by atoms with van der Waals surface area (Å²) >= 11 is 0. The van der Waals surface area contributed by atoms with Gasteiger partial charge in [0.05, 0.1) is 11.9 Å². The van der Waals surface area contributed by atoms with Crippen molar-refractivity contribution in [2.24, 2.45) is 7.05 Å². The summed E-state index contributed by atoms with van der Waals surface area (Å²) in [6.45, 7) is 4.00. The number of hydrogen-bond donors (Lipinski definition) is 2. The summed E-state index contributed by atoms with van der Waals surface area (Å²) in [4.78, 5) is 8.84. The second kappa shape index (κ2) is 6.80. The van der Waals surface area contributed by atoms with Gasteiger partial charge in [-0.05, 0) is 6.42 Å². The Kier molecular flexibility index (Phi) is 4.56. The zero-order valence-corrected chi connectivity index (χ0v) is 14.6. The van der Waals surface area contributed by atoms with Gasteiger partial charge in [0.25, 0.3) is 0 Å². The highest BCUT2D eigenvalue weighted by Gasteiger charge is 2.15. The summed E-state index contributed by atoms with van der Waals surface area (Å²) in [6.07, 6.45) is 12.8. The van der Waals surface area contributed by atoms with Gasteiger partial charge in [-0.2, -0.15) is 10.1 Å². The summed E-state index contributed by atoms with van der Waals surface area (Å²) < 4.78 is 3.53. The Balaban J connectivity index is 0.000000880. The minimum absolute atomic E-state index is 0.358. The van der Waals surface area contributed by atoms with Crippen molar-refractivity contribution in [2.75, 3.05) is 5.73 Å². The molecule has 7 nitrogen and oxygen atoms in total. The molecule has 0 atom stereocenters. The van der Waals surface area contributed by atoms with Gasteiger partial charge in [0.2, 0.25) is 5.78 Å². The standard InChI is InChI=1S/C16H16N6O.C2H6/c1-21-7-10(6-18-21)12-8-22-9-13(19-16(22)20-15(12)17)11-4-2-3-5-14(11)23;1-2/h2,4,6-9,23H,3,5H2,1H3,(H2,17,19,20);1-2H3. The minimum Gasteiger partial charge on any atom is -0.512 e. The van der Waals surface area contributed by atoms with Gasteiger partial charge in [0.1, 0.15) is 11.6 Å². The fraction of sp³-hybridized carbons (Fsp3) is 0.278. The Bertz CT molecular complexity index is 963. The minimum atomic E-state index is 0.358. The summed E-state index contributed by atoms with van der Waals surface area (Å²) in [7, 11) is 1.85. The van der Waals surface area contributed by atoms with Crippen molar-refractivity contribution >= 4 is 17.2 Å². The van der Waals surface area contributed by atoms with E-state index >= 15 is 0 Å². The number of imidazole rings is 1. The molecule has 0 amide bonds. The number of nitrogens with two attached hydrogens (primary N) is 1. The molecule has 1 aliphatic rings. The van der Waals surface area contributed by atoms with Gasteiger partial charge in [0.15, 0.2) is 0 Å². The molecule has 3 aromatic rings. The molecule has 25 heavy (non-hydrogen) atoms. The quantitative estimate of drug-likeness (QED) is 0.747. The van der Waals surface area contributed by atoms with Gasteiger partial charge in [-0.25, -0.2) is 4.98 Å². The van der Waals surface area contributed by atoms with Crippen LogP contribution in [-0.2, 0) is 7.05 Å². The third-order valence-corrected chi connectivity index (χ3v) is 3.91. The zero-order valence-electron chi connectivity index (χ0n) is 14.6. The number of aromatic nitrogens is 5. The summed E-state index contributed by atoms with van der Waals surface area (Å²) in [5, 5.41) is 14.2. The van der Waals surface area contributed by atoms with E-state index in [4.69, 9.17) is 5.73 Å². The molecule has 3 heterocycles. The van der Waals surface area contributed by atoms with Crippen LogP contribution in [0.25, 0.3) is 22.5 Å². The maximum atomic E-state index is 10.1. The molecular weight excluding hydrogens is 316 g/mol. The molecule has 0 aliphatic heterocycles. The number of aryl methyl sites for hydroxylation is 1. The van der Waals surface area contributed by atoms with Gasteiger partial charge >= 0.3 is 0 Å². The fourth-order valence-corrected chi connectivity index (χ4v) is 2.73. The van der Waals surface area contributed by atoms with E-state index < -0.39 is 0 Å². The van der Waals surface area contributed by atoms with Crippen LogP contribution in [0.1, 0.15) is 32.4 Å². The average molecular weight is 338 g/mol. The fourth-order valence-electron chi connectivity index (χ4n) is 2.73. The van der Waals surface area contributed by atoms with Gasteiger partial charge in [-0.3, -0.25) is 9.08 Å². The van der Waals surface area contributed by atoms with Gasteiger partial charge in [-0.15, -0.1) is 0 Å². The predicted molar refractivity (Wildman–Crippen MR) is 98.9 cm³/mol. The first-order valence-corrected chi connectivity index (χ1v) is 8.35. The Labute approximate surface area is 146 Å². The number of aliphatic hydroxyl groups is 1. The molecule has 130 valence electrons. The molecule has 3 N–H and O–H groups in total. The molecule has 4 rings (SSSR count). The average Bonchev–Trinajstić information content (AvgIpc) is 3.22. The first-order chi connectivity index (χ1) is 12.1. The molecule has 0 aromatic carbocycles. The third-order valence-electron chi connectivity index (χ3n) is 3.91. The molecule has 0 fully saturated rings. The zero-order chi connectivity index (χ0) is 18.0. The molecule has 0 bridgehead atoms. The van der Waals surface area contributed by atoms with Crippen molar-refractivity contribution in [1.29, 1.82) is 0 Å². The number of fused-ring (bicyclic) bond motifs is 1. The highest BCUT2D eigenvalue weighted by molar-refractivity contribution is 5.77. The highest BCUT2D eigenvalue weighted by atomic mass is 16.3. The van der Waals surface area contributed by atoms with E-state index in [0.29, 0.717) is 29.5 Å². The van der Waals surface area contributed by atoms with Gasteiger partial charge in [0, 0.05) is 48.8 Å².